The van der Waals surface area contributed by atoms with Crippen molar-refractivity contribution in [1.82, 2.24) is 0 Å². The van der Waals surface area contributed by atoms with Gasteiger partial charge >= 0.3 is 0 Å². The van der Waals surface area contributed by atoms with Gasteiger partial charge in [-0.25, -0.2) is 0 Å². The van der Waals surface area contributed by atoms with Crippen LogP contribution < -0.4 is 0 Å². The number of hydrogen-bond donors (Lipinski definition) is 1. The van der Waals surface area contributed by atoms with E-state index in [1.807, 2.05) is 0 Å². The summed E-state index contributed by atoms with van der Waals surface area (Å²) < 4.78 is 0. The second kappa shape index (κ2) is 4.10. The first kappa shape index (κ1) is 9.05. The Morgan fingerprint density at radius 3 is 2.36 bits per heavy atom. The standard InChI is InChI=1S/C10H20O/c1-2-10(7-5-8-10)6-3-4-9-11/h11H,2-9H2,1H3. The van der Waals surface area contributed by atoms with Crippen LogP contribution in [-0.4, -0.2) is 11.7 Å². The maximum Gasteiger partial charge on any atom is 0.0431 e. The summed E-state index contributed by atoms with van der Waals surface area (Å²) in [7, 11) is 0. The summed E-state index contributed by atoms with van der Waals surface area (Å²) in [6, 6.07) is 0. The monoisotopic (exact) mass is 156 g/mol. The fourth-order valence-corrected chi connectivity index (χ4v) is 2.07. The molecule has 0 heterocycles. The molecule has 1 rings (SSSR count). The van der Waals surface area contributed by atoms with Gasteiger partial charge in [0, 0.05) is 6.61 Å². The second-order valence-electron chi connectivity index (χ2n) is 3.89. The zero-order chi connectivity index (χ0) is 8.16. The Bertz CT molecular complexity index is 99.9. The van der Waals surface area contributed by atoms with Crippen LogP contribution >= 0.6 is 0 Å². The zero-order valence-corrected chi connectivity index (χ0v) is 7.60. The van der Waals surface area contributed by atoms with Crippen molar-refractivity contribution in [3.05, 3.63) is 0 Å². The smallest absolute Gasteiger partial charge is 0.0431 e. The van der Waals surface area contributed by atoms with Gasteiger partial charge in [-0.1, -0.05) is 26.2 Å². The van der Waals surface area contributed by atoms with E-state index in [4.69, 9.17) is 5.11 Å². The third-order valence-corrected chi connectivity index (χ3v) is 3.28. The normalized spacial score (nSPS) is 21.3. The lowest BCUT2D eigenvalue weighted by atomic mass is 9.64. The highest BCUT2D eigenvalue weighted by molar-refractivity contribution is 4.85. The van der Waals surface area contributed by atoms with Crippen molar-refractivity contribution in [3.8, 4) is 0 Å². The van der Waals surface area contributed by atoms with E-state index in [0.29, 0.717) is 12.0 Å². The minimum atomic E-state index is 0.375. The summed E-state index contributed by atoms with van der Waals surface area (Å²) >= 11 is 0. The quantitative estimate of drug-likeness (QED) is 0.607. The van der Waals surface area contributed by atoms with Crippen LogP contribution in [0.2, 0.25) is 0 Å². The highest BCUT2D eigenvalue weighted by Crippen LogP contribution is 2.47. The van der Waals surface area contributed by atoms with E-state index in [2.05, 4.69) is 6.92 Å². The molecule has 0 aliphatic heterocycles. The molecule has 1 fully saturated rings. The van der Waals surface area contributed by atoms with Crippen molar-refractivity contribution in [2.75, 3.05) is 6.61 Å². The second-order valence-corrected chi connectivity index (χ2v) is 3.89. The van der Waals surface area contributed by atoms with Crippen molar-refractivity contribution in [2.45, 2.75) is 51.9 Å². The first-order valence-electron chi connectivity index (χ1n) is 4.94. The molecule has 1 heteroatoms. The highest BCUT2D eigenvalue weighted by atomic mass is 16.2. The fourth-order valence-electron chi connectivity index (χ4n) is 2.07. The predicted molar refractivity (Wildman–Crippen MR) is 47.5 cm³/mol. The number of rotatable bonds is 5. The van der Waals surface area contributed by atoms with Gasteiger partial charge in [0.05, 0.1) is 0 Å². The van der Waals surface area contributed by atoms with Crippen LogP contribution in [0.1, 0.15) is 51.9 Å². The molecule has 1 aliphatic rings. The SMILES string of the molecule is CCC1(CCCCO)CCC1. The number of unbranched alkanes of at least 4 members (excludes halogenated alkanes) is 1. The molecule has 66 valence electrons. The Morgan fingerprint density at radius 1 is 1.27 bits per heavy atom. The van der Waals surface area contributed by atoms with E-state index in [1.165, 1.54) is 38.5 Å². The first-order chi connectivity index (χ1) is 5.33. The number of aliphatic hydroxyl groups excluding tert-OH is 1. The van der Waals surface area contributed by atoms with Crippen LogP contribution in [-0.2, 0) is 0 Å². The lowest BCUT2D eigenvalue weighted by molar-refractivity contribution is 0.106. The Labute approximate surface area is 69.8 Å². The number of hydrogen-bond acceptors (Lipinski definition) is 1. The molecular formula is C10H20O. The predicted octanol–water partition coefficient (Wildman–Crippen LogP) is 2.73. The van der Waals surface area contributed by atoms with Crippen LogP contribution in [0.15, 0.2) is 0 Å². The van der Waals surface area contributed by atoms with Gasteiger partial charge < -0.3 is 5.11 Å². The van der Waals surface area contributed by atoms with Gasteiger partial charge in [0.25, 0.3) is 0 Å². The molecule has 1 saturated carbocycles. The van der Waals surface area contributed by atoms with Gasteiger partial charge in [0.2, 0.25) is 0 Å². The van der Waals surface area contributed by atoms with Crippen molar-refractivity contribution in [1.29, 1.82) is 0 Å². The Balaban J connectivity index is 2.11. The average molecular weight is 156 g/mol. The maximum atomic E-state index is 8.63. The molecule has 0 saturated heterocycles. The summed E-state index contributed by atoms with van der Waals surface area (Å²) in [5, 5.41) is 8.63. The third-order valence-electron chi connectivity index (χ3n) is 3.28. The Kier molecular flexibility index (Phi) is 3.38. The Hall–Kier alpha value is -0.0400. The molecule has 11 heavy (non-hydrogen) atoms. The summed E-state index contributed by atoms with van der Waals surface area (Å²) in [5.74, 6) is 0. The molecule has 0 radical (unpaired) electrons. The average Bonchev–Trinajstić information content (AvgIpc) is 1.95. The summed E-state index contributed by atoms with van der Waals surface area (Å²) in [6.07, 6.45) is 9.24. The van der Waals surface area contributed by atoms with Gasteiger partial charge in [0.1, 0.15) is 0 Å². The van der Waals surface area contributed by atoms with Crippen molar-refractivity contribution in [3.63, 3.8) is 0 Å². The van der Waals surface area contributed by atoms with E-state index in [0.717, 1.165) is 6.42 Å². The number of aliphatic hydroxyl groups is 1. The minimum Gasteiger partial charge on any atom is -0.396 e. The van der Waals surface area contributed by atoms with Crippen LogP contribution in [0.5, 0.6) is 0 Å². The van der Waals surface area contributed by atoms with E-state index in [9.17, 15) is 0 Å². The lowest BCUT2D eigenvalue weighted by Crippen LogP contribution is -2.28. The van der Waals surface area contributed by atoms with Gasteiger partial charge in [0.15, 0.2) is 0 Å². The van der Waals surface area contributed by atoms with Crippen molar-refractivity contribution in [2.24, 2.45) is 5.41 Å². The van der Waals surface area contributed by atoms with Crippen LogP contribution in [0.3, 0.4) is 0 Å². The van der Waals surface area contributed by atoms with E-state index in [1.54, 1.807) is 0 Å². The topological polar surface area (TPSA) is 20.2 Å². The molecule has 0 spiro atoms. The first-order valence-corrected chi connectivity index (χ1v) is 4.94. The largest absolute Gasteiger partial charge is 0.396 e. The summed E-state index contributed by atoms with van der Waals surface area (Å²) in [5.41, 5.74) is 0.704. The molecule has 1 nitrogen and oxygen atoms in total. The molecule has 0 aromatic heterocycles. The van der Waals surface area contributed by atoms with Crippen molar-refractivity contribution >= 4 is 0 Å². The fraction of sp³-hybridized carbons (Fsp3) is 1.00. The molecule has 0 unspecified atom stereocenters. The molecule has 0 aromatic rings. The zero-order valence-electron chi connectivity index (χ0n) is 7.60. The van der Waals surface area contributed by atoms with Gasteiger partial charge in [-0.15, -0.1) is 0 Å². The Morgan fingerprint density at radius 2 is 2.00 bits per heavy atom. The van der Waals surface area contributed by atoms with Gasteiger partial charge in [-0.05, 0) is 31.1 Å². The molecule has 1 N–H and O–H groups in total. The summed E-state index contributed by atoms with van der Waals surface area (Å²) in [4.78, 5) is 0. The van der Waals surface area contributed by atoms with E-state index in [-0.39, 0.29) is 0 Å². The molecular weight excluding hydrogens is 136 g/mol. The van der Waals surface area contributed by atoms with E-state index < -0.39 is 0 Å². The molecule has 0 bridgehead atoms. The molecule has 0 amide bonds. The maximum absolute atomic E-state index is 8.63. The molecule has 1 aliphatic carbocycles. The third kappa shape index (κ3) is 2.19. The lowest BCUT2D eigenvalue weighted by Gasteiger charge is -2.41. The van der Waals surface area contributed by atoms with Gasteiger partial charge in [-0.2, -0.15) is 0 Å². The van der Waals surface area contributed by atoms with Crippen LogP contribution in [0.4, 0.5) is 0 Å². The van der Waals surface area contributed by atoms with Crippen molar-refractivity contribution < 1.29 is 5.11 Å². The minimum absolute atomic E-state index is 0.375. The van der Waals surface area contributed by atoms with E-state index >= 15 is 0 Å². The molecule has 0 aromatic carbocycles. The molecule has 0 atom stereocenters. The summed E-state index contributed by atoms with van der Waals surface area (Å²) in [6.45, 7) is 2.68. The van der Waals surface area contributed by atoms with Crippen LogP contribution in [0, 0.1) is 5.41 Å². The van der Waals surface area contributed by atoms with Crippen LogP contribution in [0.25, 0.3) is 0 Å². The van der Waals surface area contributed by atoms with Gasteiger partial charge in [-0.3, -0.25) is 0 Å². The highest BCUT2D eigenvalue weighted by Gasteiger charge is 2.33.